The van der Waals surface area contributed by atoms with Crippen LogP contribution in [0, 0.1) is 20.8 Å². The summed E-state index contributed by atoms with van der Waals surface area (Å²) in [4.78, 5) is 23.8. The Kier molecular flexibility index (Phi) is 4.42. The van der Waals surface area contributed by atoms with Crippen molar-refractivity contribution >= 4 is 17.5 Å². The molecule has 0 spiro atoms. The van der Waals surface area contributed by atoms with Gasteiger partial charge in [0, 0.05) is 11.3 Å². The van der Waals surface area contributed by atoms with Crippen molar-refractivity contribution < 1.29 is 14.0 Å². The monoisotopic (exact) mass is 286 g/mol. The molecule has 21 heavy (non-hydrogen) atoms. The summed E-state index contributed by atoms with van der Waals surface area (Å²) in [6.45, 7) is 5.52. The first-order valence-electron chi connectivity index (χ1n) is 6.67. The summed E-state index contributed by atoms with van der Waals surface area (Å²) < 4.78 is 5.07. The normalized spacial score (nSPS) is 10.2. The Morgan fingerprint density at radius 1 is 1.05 bits per heavy atom. The van der Waals surface area contributed by atoms with Crippen LogP contribution in [0.5, 0.6) is 0 Å². The lowest BCUT2D eigenvalue weighted by Gasteiger charge is -2.11. The summed E-state index contributed by atoms with van der Waals surface area (Å²) in [5.74, 6) is -0.436. The fraction of sp³-hybridized carbons (Fsp3) is 0.250. The van der Waals surface area contributed by atoms with Gasteiger partial charge in [0.05, 0.1) is 12.8 Å². The number of carbonyl (C=O) groups excluding carboxylic acids is 2. The van der Waals surface area contributed by atoms with Gasteiger partial charge < -0.3 is 15.1 Å². The van der Waals surface area contributed by atoms with Crippen molar-refractivity contribution in [3.63, 3.8) is 0 Å². The SMILES string of the molecule is Cc1ccoc1C(=O)NCC(=O)Nc1c(C)cccc1C. The van der Waals surface area contributed by atoms with E-state index in [2.05, 4.69) is 10.6 Å². The Hall–Kier alpha value is -2.56. The van der Waals surface area contributed by atoms with Gasteiger partial charge in [0.1, 0.15) is 0 Å². The van der Waals surface area contributed by atoms with Gasteiger partial charge in [0.25, 0.3) is 5.91 Å². The minimum absolute atomic E-state index is 0.104. The molecule has 1 aromatic carbocycles. The third-order valence-corrected chi connectivity index (χ3v) is 3.22. The summed E-state index contributed by atoms with van der Waals surface area (Å²) >= 11 is 0. The summed E-state index contributed by atoms with van der Waals surface area (Å²) in [5.41, 5.74) is 3.49. The molecule has 2 amide bonds. The lowest BCUT2D eigenvalue weighted by Crippen LogP contribution is -2.33. The van der Waals surface area contributed by atoms with E-state index in [0.717, 1.165) is 22.4 Å². The smallest absolute Gasteiger partial charge is 0.287 e. The Bertz CT molecular complexity index is 654. The Balaban J connectivity index is 1.94. The van der Waals surface area contributed by atoms with Gasteiger partial charge in [-0.25, -0.2) is 0 Å². The Morgan fingerprint density at radius 3 is 2.29 bits per heavy atom. The van der Waals surface area contributed by atoms with Crippen LogP contribution in [-0.4, -0.2) is 18.4 Å². The minimum Gasteiger partial charge on any atom is -0.459 e. The van der Waals surface area contributed by atoms with Gasteiger partial charge in [-0.15, -0.1) is 0 Å². The van der Waals surface area contributed by atoms with Crippen LogP contribution >= 0.6 is 0 Å². The molecule has 1 heterocycles. The van der Waals surface area contributed by atoms with Gasteiger partial charge in [-0.05, 0) is 38.0 Å². The number of nitrogens with one attached hydrogen (secondary N) is 2. The fourth-order valence-corrected chi connectivity index (χ4v) is 2.04. The minimum atomic E-state index is -0.394. The van der Waals surface area contributed by atoms with Gasteiger partial charge in [-0.2, -0.15) is 0 Å². The first kappa shape index (κ1) is 14.8. The standard InChI is InChI=1S/C16H18N2O3/c1-10-5-4-6-11(2)14(10)18-13(19)9-17-16(20)15-12(3)7-8-21-15/h4-8H,9H2,1-3H3,(H,17,20)(H,18,19). The van der Waals surface area contributed by atoms with E-state index in [1.807, 2.05) is 32.0 Å². The molecule has 0 radical (unpaired) electrons. The van der Waals surface area contributed by atoms with E-state index >= 15 is 0 Å². The van der Waals surface area contributed by atoms with Crippen molar-refractivity contribution in [3.8, 4) is 0 Å². The molecule has 0 unspecified atom stereocenters. The molecule has 2 aromatic rings. The number of hydrogen-bond donors (Lipinski definition) is 2. The molecule has 5 nitrogen and oxygen atoms in total. The van der Waals surface area contributed by atoms with Gasteiger partial charge >= 0.3 is 0 Å². The van der Waals surface area contributed by atoms with E-state index in [4.69, 9.17) is 4.42 Å². The molecule has 0 bridgehead atoms. The molecule has 110 valence electrons. The summed E-state index contributed by atoms with van der Waals surface area (Å²) in [6, 6.07) is 7.48. The molecular weight excluding hydrogens is 268 g/mol. The number of carbonyl (C=O) groups is 2. The topological polar surface area (TPSA) is 71.3 Å². The van der Waals surface area contributed by atoms with Crippen molar-refractivity contribution in [2.24, 2.45) is 0 Å². The quantitative estimate of drug-likeness (QED) is 0.907. The maximum Gasteiger partial charge on any atom is 0.287 e. The van der Waals surface area contributed by atoms with Gasteiger partial charge in [0.2, 0.25) is 5.91 Å². The highest BCUT2D eigenvalue weighted by atomic mass is 16.3. The van der Waals surface area contributed by atoms with Crippen LogP contribution in [0.3, 0.4) is 0 Å². The molecule has 1 aromatic heterocycles. The predicted molar refractivity (Wildman–Crippen MR) is 80.3 cm³/mol. The van der Waals surface area contributed by atoms with E-state index in [0.29, 0.717) is 0 Å². The highest BCUT2D eigenvalue weighted by Crippen LogP contribution is 2.19. The first-order chi connectivity index (χ1) is 9.99. The van der Waals surface area contributed by atoms with Crippen LogP contribution in [0.25, 0.3) is 0 Å². The molecule has 0 saturated carbocycles. The van der Waals surface area contributed by atoms with Crippen molar-refractivity contribution in [2.75, 3.05) is 11.9 Å². The highest BCUT2D eigenvalue weighted by molar-refractivity contribution is 5.99. The largest absolute Gasteiger partial charge is 0.459 e. The molecule has 0 aliphatic heterocycles. The van der Waals surface area contributed by atoms with Crippen LogP contribution in [0.4, 0.5) is 5.69 Å². The fourth-order valence-electron chi connectivity index (χ4n) is 2.04. The van der Waals surface area contributed by atoms with Crippen molar-refractivity contribution in [1.82, 2.24) is 5.32 Å². The number of anilines is 1. The second-order valence-corrected chi connectivity index (χ2v) is 4.93. The van der Waals surface area contributed by atoms with Gasteiger partial charge in [0.15, 0.2) is 5.76 Å². The lowest BCUT2D eigenvalue weighted by molar-refractivity contribution is -0.115. The van der Waals surface area contributed by atoms with E-state index in [9.17, 15) is 9.59 Å². The molecule has 0 aliphatic rings. The van der Waals surface area contributed by atoms with Crippen molar-refractivity contribution in [2.45, 2.75) is 20.8 Å². The molecule has 0 atom stereocenters. The molecule has 0 fully saturated rings. The second kappa shape index (κ2) is 6.26. The average Bonchev–Trinajstić information content (AvgIpc) is 2.87. The maximum atomic E-state index is 11.9. The number of aryl methyl sites for hydroxylation is 3. The van der Waals surface area contributed by atoms with E-state index < -0.39 is 5.91 Å². The lowest BCUT2D eigenvalue weighted by atomic mass is 10.1. The molecular formula is C16H18N2O3. The second-order valence-electron chi connectivity index (χ2n) is 4.93. The number of hydrogen-bond acceptors (Lipinski definition) is 3. The third-order valence-electron chi connectivity index (χ3n) is 3.22. The van der Waals surface area contributed by atoms with Crippen LogP contribution in [0.2, 0.25) is 0 Å². The average molecular weight is 286 g/mol. The van der Waals surface area contributed by atoms with E-state index in [-0.39, 0.29) is 18.2 Å². The van der Waals surface area contributed by atoms with E-state index in [1.165, 1.54) is 6.26 Å². The van der Waals surface area contributed by atoms with Crippen LogP contribution in [-0.2, 0) is 4.79 Å². The first-order valence-corrected chi connectivity index (χ1v) is 6.67. The summed E-state index contributed by atoms with van der Waals surface area (Å²) in [6.07, 6.45) is 1.45. The van der Waals surface area contributed by atoms with Crippen molar-refractivity contribution in [3.05, 3.63) is 53.0 Å². The molecule has 0 aliphatic carbocycles. The van der Waals surface area contributed by atoms with Crippen LogP contribution in [0.1, 0.15) is 27.2 Å². The number of para-hydroxylation sites is 1. The number of amides is 2. The zero-order chi connectivity index (χ0) is 15.4. The van der Waals surface area contributed by atoms with Crippen LogP contribution < -0.4 is 10.6 Å². The Labute approximate surface area is 123 Å². The van der Waals surface area contributed by atoms with Crippen molar-refractivity contribution in [1.29, 1.82) is 0 Å². The zero-order valence-corrected chi connectivity index (χ0v) is 12.3. The summed E-state index contributed by atoms with van der Waals surface area (Å²) in [7, 11) is 0. The van der Waals surface area contributed by atoms with Gasteiger partial charge in [-0.3, -0.25) is 9.59 Å². The molecule has 2 rings (SSSR count). The van der Waals surface area contributed by atoms with Gasteiger partial charge in [-0.1, -0.05) is 18.2 Å². The van der Waals surface area contributed by atoms with E-state index in [1.54, 1.807) is 13.0 Å². The zero-order valence-electron chi connectivity index (χ0n) is 12.3. The summed E-state index contributed by atoms with van der Waals surface area (Å²) in [5, 5.41) is 5.35. The number of benzene rings is 1. The van der Waals surface area contributed by atoms with Crippen LogP contribution in [0.15, 0.2) is 34.9 Å². The molecule has 2 N–H and O–H groups in total. The number of rotatable bonds is 4. The Morgan fingerprint density at radius 2 is 1.71 bits per heavy atom. The third kappa shape index (κ3) is 3.51. The maximum absolute atomic E-state index is 11.9. The predicted octanol–water partition coefficient (Wildman–Crippen LogP) is 2.57. The molecule has 5 heteroatoms. The molecule has 0 saturated heterocycles. The number of furan rings is 1. The highest BCUT2D eigenvalue weighted by Gasteiger charge is 2.14.